The Morgan fingerprint density at radius 2 is 1.74 bits per heavy atom. The molecule has 2 rings (SSSR count). The Morgan fingerprint density at radius 3 is 2.33 bits per heavy atom. The van der Waals surface area contributed by atoms with Crippen LogP contribution in [-0.4, -0.2) is 37.9 Å². The minimum atomic E-state index is -0.799. The van der Waals surface area contributed by atoms with Crippen LogP contribution in [0.2, 0.25) is 0 Å². The quantitative estimate of drug-likeness (QED) is 0.571. The molecule has 2 aromatic rings. The zero-order valence-corrected chi connectivity index (χ0v) is 15.7. The van der Waals surface area contributed by atoms with E-state index in [2.05, 4.69) is 5.32 Å². The highest BCUT2D eigenvalue weighted by atomic mass is 16.5. The molecule has 0 aliphatic rings. The molecule has 0 unspecified atom stereocenters. The van der Waals surface area contributed by atoms with Gasteiger partial charge in [0.15, 0.2) is 5.78 Å². The number of carbonyl (C=O) groups excluding carboxylic acids is 3. The first-order valence-corrected chi connectivity index (χ1v) is 8.53. The Kier molecular flexibility index (Phi) is 7.11. The van der Waals surface area contributed by atoms with E-state index in [1.807, 2.05) is 30.3 Å². The summed E-state index contributed by atoms with van der Waals surface area (Å²) < 4.78 is 10.1. The highest BCUT2D eigenvalue weighted by molar-refractivity contribution is 5.95. The van der Waals surface area contributed by atoms with Crippen LogP contribution < -0.4 is 10.1 Å². The van der Waals surface area contributed by atoms with Gasteiger partial charge in [0.25, 0.3) is 0 Å². The minimum absolute atomic E-state index is 0.0213. The number of hydrogen-bond acceptors (Lipinski definition) is 5. The molecule has 0 fully saturated rings. The standard InChI is InChI=1S/C21H23NO5/c1-14(23)16-9-10-19(26-2)17(12-16)13-20(24)22-18(21(25)27-3)11-15-7-5-4-6-8-15/h4-10,12,18H,11,13H2,1-3H3,(H,22,24)/t18-/m0/s1. The maximum Gasteiger partial charge on any atom is 0.328 e. The smallest absolute Gasteiger partial charge is 0.328 e. The molecule has 6 heteroatoms. The Morgan fingerprint density at radius 1 is 1.04 bits per heavy atom. The number of rotatable bonds is 8. The molecule has 0 spiro atoms. The zero-order chi connectivity index (χ0) is 19.8. The molecular formula is C21H23NO5. The monoisotopic (exact) mass is 369 g/mol. The maximum absolute atomic E-state index is 12.5. The zero-order valence-electron chi connectivity index (χ0n) is 15.7. The van der Waals surface area contributed by atoms with Gasteiger partial charge in [-0.15, -0.1) is 0 Å². The highest BCUT2D eigenvalue weighted by Gasteiger charge is 2.22. The van der Waals surface area contributed by atoms with Gasteiger partial charge in [0.05, 0.1) is 20.6 Å². The van der Waals surface area contributed by atoms with Crippen molar-refractivity contribution in [3.05, 3.63) is 65.2 Å². The molecule has 142 valence electrons. The summed E-state index contributed by atoms with van der Waals surface area (Å²) in [6, 6.07) is 13.5. The van der Waals surface area contributed by atoms with Gasteiger partial charge in [-0.1, -0.05) is 30.3 Å². The number of amides is 1. The third-order valence-electron chi connectivity index (χ3n) is 4.14. The predicted octanol–water partition coefficient (Wildman–Crippen LogP) is 2.34. The summed E-state index contributed by atoms with van der Waals surface area (Å²) in [5.41, 5.74) is 1.97. The van der Waals surface area contributed by atoms with E-state index in [9.17, 15) is 14.4 Å². The molecule has 27 heavy (non-hydrogen) atoms. The van der Waals surface area contributed by atoms with Crippen LogP contribution in [0.15, 0.2) is 48.5 Å². The lowest BCUT2D eigenvalue weighted by molar-refractivity contribution is -0.145. The largest absolute Gasteiger partial charge is 0.496 e. The number of nitrogens with one attached hydrogen (secondary N) is 1. The number of benzene rings is 2. The van der Waals surface area contributed by atoms with Crippen molar-refractivity contribution in [1.82, 2.24) is 5.32 Å². The average molecular weight is 369 g/mol. The van der Waals surface area contributed by atoms with Crippen LogP contribution in [0, 0.1) is 0 Å². The Bertz CT molecular complexity index is 817. The van der Waals surface area contributed by atoms with E-state index in [0.717, 1.165) is 5.56 Å². The molecule has 1 amide bonds. The van der Waals surface area contributed by atoms with Gasteiger partial charge in [-0.2, -0.15) is 0 Å². The number of Topliss-reactive ketones (excluding diaryl/α,β-unsaturated/α-hetero) is 1. The molecule has 0 saturated heterocycles. The summed E-state index contributed by atoms with van der Waals surface area (Å²) in [5, 5.41) is 2.71. The van der Waals surface area contributed by atoms with Crippen molar-refractivity contribution < 1.29 is 23.9 Å². The van der Waals surface area contributed by atoms with Gasteiger partial charge in [0.2, 0.25) is 5.91 Å². The second-order valence-corrected chi connectivity index (χ2v) is 6.09. The van der Waals surface area contributed by atoms with Crippen molar-refractivity contribution in [2.45, 2.75) is 25.8 Å². The molecule has 0 aliphatic carbocycles. The first-order chi connectivity index (χ1) is 12.9. The lowest BCUT2D eigenvalue weighted by Crippen LogP contribution is -2.43. The van der Waals surface area contributed by atoms with E-state index >= 15 is 0 Å². The molecule has 6 nitrogen and oxygen atoms in total. The van der Waals surface area contributed by atoms with Crippen LogP contribution in [0.5, 0.6) is 5.75 Å². The van der Waals surface area contributed by atoms with Gasteiger partial charge in [0.1, 0.15) is 11.8 Å². The van der Waals surface area contributed by atoms with Gasteiger partial charge in [-0.3, -0.25) is 9.59 Å². The summed E-state index contributed by atoms with van der Waals surface area (Å²) >= 11 is 0. The summed E-state index contributed by atoms with van der Waals surface area (Å²) in [6.45, 7) is 1.46. The van der Waals surface area contributed by atoms with Crippen LogP contribution in [0.1, 0.15) is 28.4 Å². The van der Waals surface area contributed by atoms with Crippen molar-refractivity contribution in [2.75, 3.05) is 14.2 Å². The first kappa shape index (κ1) is 20.2. The third-order valence-corrected chi connectivity index (χ3v) is 4.14. The molecule has 0 heterocycles. The molecule has 0 aromatic heterocycles. The minimum Gasteiger partial charge on any atom is -0.496 e. The van der Waals surface area contributed by atoms with Gasteiger partial charge in [-0.25, -0.2) is 4.79 Å². The Balaban J connectivity index is 2.14. The maximum atomic E-state index is 12.5. The van der Waals surface area contributed by atoms with Crippen LogP contribution in [-0.2, 0) is 27.2 Å². The first-order valence-electron chi connectivity index (χ1n) is 8.53. The van der Waals surface area contributed by atoms with E-state index in [4.69, 9.17) is 9.47 Å². The lowest BCUT2D eigenvalue weighted by Gasteiger charge is -2.17. The molecule has 1 N–H and O–H groups in total. The topological polar surface area (TPSA) is 81.7 Å². The van der Waals surface area contributed by atoms with Crippen molar-refractivity contribution in [3.63, 3.8) is 0 Å². The molecular weight excluding hydrogens is 346 g/mol. The SMILES string of the molecule is COC(=O)[C@H](Cc1ccccc1)NC(=O)Cc1cc(C(C)=O)ccc1OC. The van der Waals surface area contributed by atoms with E-state index in [0.29, 0.717) is 23.3 Å². The van der Waals surface area contributed by atoms with Crippen molar-refractivity contribution >= 4 is 17.7 Å². The van der Waals surface area contributed by atoms with Gasteiger partial charge in [-0.05, 0) is 30.7 Å². The van der Waals surface area contributed by atoms with Crippen LogP contribution in [0.25, 0.3) is 0 Å². The average Bonchev–Trinajstić information content (AvgIpc) is 2.67. The summed E-state index contributed by atoms with van der Waals surface area (Å²) in [5.74, 6) is -0.472. The number of ketones is 1. The van der Waals surface area contributed by atoms with E-state index in [-0.39, 0.29) is 18.1 Å². The molecule has 2 aromatic carbocycles. The Hall–Kier alpha value is -3.15. The van der Waals surface area contributed by atoms with Crippen LogP contribution >= 0.6 is 0 Å². The molecule has 0 radical (unpaired) electrons. The lowest BCUT2D eigenvalue weighted by atomic mass is 10.0. The van der Waals surface area contributed by atoms with Gasteiger partial charge >= 0.3 is 5.97 Å². The predicted molar refractivity (Wildman–Crippen MR) is 101 cm³/mol. The fraction of sp³-hybridized carbons (Fsp3) is 0.286. The molecule has 0 saturated carbocycles. The van der Waals surface area contributed by atoms with Gasteiger partial charge < -0.3 is 14.8 Å². The number of ether oxygens (including phenoxy) is 2. The molecule has 0 aliphatic heterocycles. The third kappa shape index (κ3) is 5.67. The van der Waals surface area contributed by atoms with Gasteiger partial charge in [0, 0.05) is 17.5 Å². The molecule has 0 bridgehead atoms. The Labute approximate surface area is 158 Å². The number of methoxy groups -OCH3 is 2. The second kappa shape index (κ2) is 9.52. The van der Waals surface area contributed by atoms with E-state index in [1.54, 1.807) is 18.2 Å². The summed E-state index contributed by atoms with van der Waals surface area (Å²) in [7, 11) is 2.78. The fourth-order valence-electron chi connectivity index (χ4n) is 2.74. The van der Waals surface area contributed by atoms with Crippen LogP contribution in [0.4, 0.5) is 0 Å². The highest BCUT2D eigenvalue weighted by Crippen LogP contribution is 2.21. The van der Waals surface area contributed by atoms with Crippen molar-refractivity contribution in [2.24, 2.45) is 0 Å². The second-order valence-electron chi connectivity index (χ2n) is 6.09. The van der Waals surface area contributed by atoms with Crippen molar-refractivity contribution in [3.8, 4) is 5.75 Å². The van der Waals surface area contributed by atoms with E-state index < -0.39 is 12.0 Å². The molecule has 1 atom stereocenters. The summed E-state index contributed by atoms with van der Waals surface area (Å²) in [6.07, 6.45) is 0.302. The van der Waals surface area contributed by atoms with E-state index in [1.165, 1.54) is 21.1 Å². The number of esters is 1. The number of hydrogen-bond donors (Lipinski definition) is 1. The van der Waals surface area contributed by atoms with Crippen LogP contribution in [0.3, 0.4) is 0 Å². The number of carbonyl (C=O) groups is 3. The fourth-order valence-corrected chi connectivity index (χ4v) is 2.74. The normalized spacial score (nSPS) is 11.4. The van der Waals surface area contributed by atoms with Crippen molar-refractivity contribution in [1.29, 1.82) is 0 Å². The summed E-state index contributed by atoms with van der Waals surface area (Å²) in [4.78, 5) is 36.2.